The van der Waals surface area contributed by atoms with Crippen molar-refractivity contribution in [3.8, 4) is 0 Å². The first kappa shape index (κ1) is 19.7. The van der Waals surface area contributed by atoms with Crippen LogP contribution in [0.15, 0.2) is 54.2 Å². The smallest absolute Gasteiger partial charge is 0.264 e. The summed E-state index contributed by atoms with van der Waals surface area (Å²) in [6, 6.07) is 10.5. The Labute approximate surface area is 181 Å². The van der Waals surface area contributed by atoms with E-state index in [1.807, 2.05) is 29.8 Å². The average Bonchev–Trinajstić information content (AvgIpc) is 3.38. The fourth-order valence-electron chi connectivity index (χ4n) is 3.03. The first-order valence-electron chi connectivity index (χ1n) is 8.79. The number of fused-ring (bicyclic) bond motifs is 1. The Balaban J connectivity index is 1.56. The van der Waals surface area contributed by atoms with Crippen LogP contribution >= 0.6 is 34.5 Å². The molecule has 9 heteroatoms. The summed E-state index contributed by atoms with van der Waals surface area (Å²) in [6.45, 7) is 0.228. The second-order valence-corrected chi connectivity index (χ2v) is 8.05. The number of carbonyl (C=O) groups is 1. The van der Waals surface area contributed by atoms with Gasteiger partial charge in [-0.1, -0.05) is 29.3 Å². The molecule has 5 N–H and O–H groups in total. The Morgan fingerprint density at radius 2 is 2.03 bits per heavy atom. The van der Waals surface area contributed by atoms with Gasteiger partial charge in [-0.15, -0.1) is 11.3 Å². The number of thiophene rings is 1. The minimum absolute atomic E-state index is 0.219. The predicted molar refractivity (Wildman–Crippen MR) is 119 cm³/mol. The molecular weight excluding hydrogens is 429 g/mol. The molecule has 3 aromatic heterocycles. The van der Waals surface area contributed by atoms with E-state index in [0.29, 0.717) is 20.6 Å². The number of hydrogen-bond acceptors (Lipinski definition) is 5. The first-order valence-corrected chi connectivity index (χ1v) is 10.4. The zero-order chi connectivity index (χ0) is 20.4. The Bertz CT molecular complexity index is 1170. The number of rotatable bonds is 6. The SMILES string of the molecule is NCC(NC(=O)c1sccc1Nc1ccnc2[nH]ccc12)c1ccc(Cl)c(Cl)c1. The molecule has 0 aliphatic carbocycles. The van der Waals surface area contributed by atoms with Gasteiger partial charge in [-0.05, 0) is 41.3 Å². The molecule has 0 fully saturated rings. The van der Waals surface area contributed by atoms with Gasteiger partial charge < -0.3 is 21.4 Å². The van der Waals surface area contributed by atoms with Gasteiger partial charge in [0, 0.05) is 24.3 Å². The Morgan fingerprint density at radius 1 is 1.17 bits per heavy atom. The van der Waals surface area contributed by atoms with E-state index in [-0.39, 0.29) is 18.5 Å². The monoisotopic (exact) mass is 445 g/mol. The highest BCUT2D eigenvalue weighted by molar-refractivity contribution is 7.12. The summed E-state index contributed by atoms with van der Waals surface area (Å²) in [4.78, 5) is 20.9. The number of benzene rings is 1. The summed E-state index contributed by atoms with van der Waals surface area (Å²) in [7, 11) is 0. The molecule has 0 saturated carbocycles. The molecule has 1 atom stereocenters. The molecule has 0 bridgehead atoms. The Morgan fingerprint density at radius 3 is 2.83 bits per heavy atom. The highest BCUT2D eigenvalue weighted by Crippen LogP contribution is 2.30. The summed E-state index contributed by atoms with van der Waals surface area (Å²) in [5.41, 5.74) is 9.04. The van der Waals surface area contributed by atoms with Crippen LogP contribution in [0.4, 0.5) is 11.4 Å². The maximum atomic E-state index is 13.0. The van der Waals surface area contributed by atoms with Crippen molar-refractivity contribution in [2.24, 2.45) is 5.73 Å². The van der Waals surface area contributed by atoms with Gasteiger partial charge in [0.05, 0.1) is 27.5 Å². The first-order chi connectivity index (χ1) is 14.1. The van der Waals surface area contributed by atoms with Crippen molar-refractivity contribution in [2.75, 3.05) is 11.9 Å². The van der Waals surface area contributed by atoms with E-state index < -0.39 is 0 Å². The van der Waals surface area contributed by atoms with Crippen molar-refractivity contribution in [2.45, 2.75) is 6.04 Å². The number of hydrogen-bond donors (Lipinski definition) is 4. The Hall–Kier alpha value is -2.58. The topological polar surface area (TPSA) is 95.8 Å². The van der Waals surface area contributed by atoms with Crippen LogP contribution in [-0.4, -0.2) is 22.4 Å². The molecule has 0 radical (unpaired) electrons. The summed E-state index contributed by atoms with van der Waals surface area (Å²) in [5.74, 6) is -0.219. The van der Waals surface area contributed by atoms with Gasteiger partial charge in [-0.2, -0.15) is 0 Å². The molecule has 0 aliphatic heterocycles. The highest BCUT2D eigenvalue weighted by Gasteiger charge is 2.19. The van der Waals surface area contributed by atoms with Gasteiger partial charge >= 0.3 is 0 Å². The largest absolute Gasteiger partial charge is 0.354 e. The predicted octanol–water partition coefficient (Wildman–Crippen LogP) is 5.10. The zero-order valence-electron chi connectivity index (χ0n) is 15.1. The van der Waals surface area contributed by atoms with Crippen LogP contribution in [0.5, 0.6) is 0 Å². The van der Waals surface area contributed by atoms with Crippen LogP contribution < -0.4 is 16.4 Å². The van der Waals surface area contributed by atoms with Gasteiger partial charge in [0.15, 0.2) is 0 Å². The maximum Gasteiger partial charge on any atom is 0.264 e. The molecule has 4 aromatic rings. The molecule has 1 unspecified atom stereocenters. The van der Waals surface area contributed by atoms with Crippen molar-refractivity contribution in [1.82, 2.24) is 15.3 Å². The van der Waals surface area contributed by atoms with Crippen molar-refractivity contribution in [1.29, 1.82) is 0 Å². The normalized spacial score (nSPS) is 12.1. The second-order valence-electron chi connectivity index (χ2n) is 6.32. The number of aromatic amines is 1. The molecule has 148 valence electrons. The second kappa shape index (κ2) is 8.42. The minimum Gasteiger partial charge on any atom is -0.354 e. The number of nitrogens with one attached hydrogen (secondary N) is 3. The quantitative estimate of drug-likeness (QED) is 0.331. The zero-order valence-corrected chi connectivity index (χ0v) is 17.4. The molecule has 0 saturated heterocycles. The average molecular weight is 446 g/mol. The number of pyridine rings is 1. The van der Waals surface area contributed by atoms with Crippen LogP contribution in [0.3, 0.4) is 0 Å². The molecule has 29 heavy (non-hydrogen) atoms. The minimum atomic E-state index is -0.385. The van der Waals surface area contributed by atoms with Gasteiger partial charge in [0.25, 0.3) is 5.91 Å². The summed E-state index contributed by atoms with van der Waals surface area (Å²) < 4.78 is 0. The van der Waals surface area contributed by atoms with Crippen molar-refractivity contribution < 1.29 is 4.79 Å². The van der Waals surface area contributed by atoms with Crippen molar-refractivity contribution >= 4 is 62.9 Å². The lowest BCUT2D eigenvalue weighted by atomic mass is 10.1. The standard InChI is InChI=1S/C20H17Cl2N5OS/c21-13-2-1-11(9-14(13)22)17(10-23)27-20(28)18-16(5-8-29-18)26-15-4-7-25-19-12(15)3-6-24-19/h1-9,17H,10,23H2,(H,27,28)(H2,24,25,26). The van der Waals surface area contributed by atoms with E-state index in [9.17, 15) is 4.79 Å². The third-order valence-corrected chi connectivity index (χ3v) is 6.14. The summed E-state index contributed by atoms with van der Waals surface area (Å²) in [6.07, 6.45) is 3.54. The summed E-state index contributed by atoms with van der Waals surface area (Å²) >= 11 is 13.4. The Kier molecular flexibility index (Phi) is 5.73. The summed E-state index contributed by atoms with van der Waals surface area (Å²) in [5, 5.41) is 9.99. The van der Waals surface area contributed by atoms with Gasteiger partial charge in [0.1, 0.15) is 10.5 Å². The van der Waals surface area contributed by atoms with Gasteiger partial charge in [-0.3, -0.25) is 4.79 Å². The van der Waals surface area contributed by atoms with Crippen LogP contribution in [0.25, 0.3) is 11.0 Å². The van der Waals surface area contributed by atoms with Crippen LogP contribution in [0, 0.1) is 0 Å². The molecule has 1 aromatic carbocycles. The molecule has 0 spiro atoms. The molecule has 0 aliphatic rings. The van der Waals surface area contributed by atoms with E-state index >= 15 is 0 Å². The molecule has 1 amide bonds. The van der Waals surface area contributed by atoms with Crippen LogP contribution in [0.2, 0.25) is 10.0 Å². The van der Waals surface area contributed by atoms with E-state index in [1.54, 1.807) is 24.4 Å². The molecular formula is C20H17Cl2N5OS. The number of H-pyrrole nitrogens is 1. The van der Waals surface area contributed by atoms with E-state index in [2.05, 4.69) is 20.6 Å². The number of nitrogens with two attached hydrogens (primary N) is 1. The van der Waals surface area contributed by atoms with Crippen LogP contribution in [0.1, 0.15) is 21.3 Å². The van der Waals surface area contributed by atoms with Crippen LogP contribution in [-0.2, 0) is 0 Å². The maximum absolute atomic E-state index is 13.0. The lowest BCUT2D eigenvalue weighted by Gasteiger charge is -2.18. The molecule has 4 rings (SSSR count). The molecule has 6 nitrogen and oxygen atoms in total. The highest BCUT2D eigenvalue weighted by atomic mass is 35.5. The fraction of sp³-hybridized carbons (Fsp3) is 0.100. The third kappa shape index (κ3) is 4.09. The van der Waals surface area contributed by atoms with E-state index in [1.165, 1.54) is 11.3 Å². The number of nitrogens with zero attached hydrogens (tertiary/aromatic N) is 1. The van der Waals surface area contributed by atoms with Crippen molar-refractivity contribution in [3.05, 3.63) is 74.7 Å². The number of aromatic nitrogens is 2. The van der Waals surface area contributed by atoms with Crippen molar-refractivity contribution in [3.63, 3.8) is 0 Å². The third-order valence-electron chi connectivity index (χ3n) is 4.49. The lowest BCUT2D eigenvalue weighted by Crippen LogP contribution is -2.33. The van der Waals surface area contributed by atoms with Gasteiger partial charge in [0.2, 0.25) is 0 Å². The number of halogens is 2. The molecule has 3 heterocycles. The number of amides is 1. The fourth-order valence-corrected chi connectivity index (χ4v) is 4.09. The lowest BCUT2D eigenvalue weighted by molar-refractivity contribution is 0.0942. The van der Waals surface area contributed by atoms with E-state index in [0.717, 1.165) is 22.3 Å². The number of carbonyl (C=O) groups excluding carboxylic acids is 1. The van der Waals surface area contributed by atoms with E-state index in [4.69, 9.17) is 28.9 Å². The number of anilines is 2. The van der Waals surface area contributed by atoms with Gasteiger partial charge in [-0.25, -0.2) is 4.98 Å².